The van der Waals surface area contributed by atoms with Gasteiger partial charge >= 0.3 is 0 Å². The first-order valence-corrected chi connectivity index (χ1v) is 7.85. The molecular weight excluding hydrogens is 264 g/mol. The third-order valence-electron chi connectivity index (χ3n) is 3.53. The average molecular weight is 290 g/mol. The number of hydrogen-bond donors (Lipinski definition) is 0. The van der Waals surface area contributed by atoms with Crippen LogP contribution in [0.15, 0.2) is 97.6 Å². The molecule has 0 spiro atoms. The molecule has 0 aromatic heterocycles. The first-order chi connectivity index (χ1) is 10.8. The standard InChI is InChI=1S/C20H20.C2H6/c1-3-4-5-12-17-20(2,18-13-8-6-9-14-18)19-15-10-7-11-16-19;1-2/h3-17H,1H2,2H3;1-2H3/b5-4-,17-12-;. The second kappa shape index (κ2) is 9.57. The summed E-state index contributed by atoms with van der Waals surface area (Å²) in [4.78, 5) is 0. The van der Waals surface area contributed by atoms with Gasteiger partial charge in [0.2, 0.25) is 0 Å². The summed E-state index contributed by atoms with van der Waals surface area (Å²) in [5, 5.41) is 0. The molecule has 0 aliphatic rings. The summed E-state index contributed by atoms with van der Waals surface area (Å²) < 4.78 is 0. The number of rotatable bonds is 5. The first-order valence-electron chi connectivity index (χ1n) is 7.85. The number of benzene rings is 2. The highest BCUT2D eigenvalue weighted by atomic mass is 14.3. The van der Waals surface area contributed by atoms with Crippen molar-refractivity contribution in [1.82, 2.24) is 0 Å². The Bertz CT molecular complexity index is 549. The van der Waals surface area contributed by atoms with Crippen molar-refractivity contribution in [1.29, 1.82) is 0 Å². The van der Waals surface area contributed by atoms with Crippen molar-refractivity contribution in [2.75, 3.05) is 0 Å². The van der Waals surface area contributed by atoms with Crippen LogP contribution in [-0.2, 0) is 5.41 Å². The lowest BCUT2D eigenvalue weighted by molar-refractivity contribution is 0.724. The molecule has 0 aliphatic heterocycles. The summed E-state index contributed by atoms with van der Waals surface area (Å²) >= 11 is 0. The molecule has 0 N–H and O–H groups in total. The van der Waals surface area contributed by atoms with Crippen LogP contribution in [0.25, 0.3) is 0 Å². The molecular formula is C22H26. The summed E-state index contributed by atoms with van der Waals surface area (Å²) in [6.07, 6.45) is 10.1. The highest BCUT2D eigenvalue weighted by Crippen LogP contribution is 2.33. The zero-order chi connectivity index (χ0) is 16.3. The van der Waals surface area contributed by atoms with Gasteiger partial charge < -0.3 is 0 Å². The van der Waals surface area contributed by atoms with Gasteiger partial charge in [-0.05, 0) is 18.1 Å². The minimum Gasteiger partial charge on any atom is -0.0991 e. The maximum atomic E-state index is 3.69. The molecule has 0 heteroatoms. The fourth-order valence-electron chi connectivity index (χ4n) is 2.32. The van der Waals surface area contributed by atoms with Crippen molar-refractivity contribution in [3.8, 4) is 0 Å². The normalized spacial score (nSPS) is 11.2. The predicted molar refractivity (Wildman–Crippen MR) is 99.2 cm³/mol. The van der Waals surface area contributed by atoms with E-state index in [1.54, 1.807) is 6.08 Å². The van der Waals surface area contributed by atoms with Crippen LogP contribution < -0.4 is 0 Å². The van der Waals surface area contributed by atoms with Crippen molar-refractivity contribution in [3.63, 3.8) is 0 Å². The topological polar surface area (TPSA) is 0 Å². The van der Waals surface area contributed by atoms with E-state index in [1.807, 2.05) is 26.0 Å². The van der Waals surface area contributed by atoms with E-state index < -0.39 is 0 Å². The SMILES string of the molecule is C=C/C=C\C=C/C(C)(c1ccccc1)c1ccccc1.CC. The van der Waals surface area contributed by atoms with Crippen LogP contribution in [0.1, 0.15) is 31.9 Å². The van der Waals surface area contributed by atoms with Crippen LogP contribution >= 0.6 is 0 Å². The van der Waals surface area contributed by atoms with E-state index in [-0.39, 0.29) is 5.41 Å². The molecule has 22 heavy (non-hydrogen) atoms. The van der Waals surface area contributed by atoms with Gasteiger partial charge in [0.25, 0.3) is 0 Å². The lowest BCUT2D eigenvalue weighted by Crippen LogP contribution is -2.20. The first kappa shape index (κ1) is 17.7. The summed E-state index contributed by atoms with van der Waals surface area (Å²) in [5.74, 6) is 0. The molecule has 0 radical (unpaired) electrons. The van der Waals surface area contributed by atoms with Gasteiger partial charge in [-0.1, -0.05) is 111 Å². The third-order valence-corrected chi connectivity index (χ3v) is 3.53. The van der Waals surface area contributed by atoms with Crippen LogP contribution in [-0.4, -0.2) is 0 Å². The molecule has 0 heterocycles. The highest BCUT2D eigenvalue weighted by molar-refractivity contribution is 5.43. The van der Waals surface area contributed by atoms with Gasteiger partial charge in [0.05, 0.1) is 0 Å². The molecule has 2 rings (SSSR count). The minimum atomic E-state index is -0.131. The van der Waals surface area contributed by atoms with Crippen LogP contribution in [0.4, 0.5) is 0 Å². The Kier molecular flexibility index (Phi) is 7.70. The van der Waals surface area contributed by atoms with Gasteiger partial charge in [0.1, 0.15) is 0 Å². The van der Waals surface area contributed by atoms with Gasteiger partial charge in [-0.3, -0.25) is 0 Å². The summed E-state index contributed by atoms with van der Waals surface area (Å²) in [6, 6.07) is 21.2. The Morgan fingerprint density at radius 1 is 0.727 bits per heavy atom. The highest BCUT2D eigenvalue weighted by Gasteiger charge is 2.24. The monoisotopic (exact) mass is 290 g/mol. The van der Waals surface area contributed by atoms with Crippen LogP contribution in [0, 0.1) is 0 Å². The molecule has 2 aromatic rings. The number of hydrogen-bond acceptors (Lipinski definition) is 0. The lowest BCUT2D eigenvalue weighted by Gasteiger charge is -2.27. The predicted octanol–water partition coefficient (Wildman–Crippen LogP) is 6.32. The quantitative estimate of drug-likeness (QED) is 0.565. The van der Waals surface area contributed by atoms with Gasteiger partial charge in [-0.2, -0.15) is 0 Å². The molecule has 0 amide bonds. The maximum absolute atomic E-state index is 3.69. The van der Waals surface area contributed by atoms with Crippen molar-refractivity contribution in [3.05, 3.63) is 109 Å². The van der Waals surface area contributed by atoms with Gasteiger partial charge in [0.15, 0.2) is 0 Å². The largest absolute Gasteiger partial charge is 0.0991 e. The lowest BCUT2D eigenvalue weighted by atomic mass is 9.76. The van der Waals surface area contributed by atoms with E-state index in [2.05, 4.69) is 86.3 Å². The second-order valence-corrected chi connectivity index (χ2v) is 4.91. The molecule has 0 atom stereocenters. The van der Waals surface area contributed by atoms with Gasteiger partial charge in [-0.15, -0.1) is 0 Å². The minimum absolute atomic E-state index is 0.131. The summed E-state index contributed by atoms with van der Waals surface area (Å²) in [5.41, 5.74) is 2.44. The zero-order valence-corrected chi connectivity index (χ0v) is 13.9. The molecule has 0 aliphatic carbocycles. The molecule has 114 valence electrons. The van der Waals surface area contributed by atoms with E-state index in [0.29, 0.717) is 0 Å². The maximum Gasteiger partial charge on any atom is 0.0356 e. The van der Waals surface area contributed by atoms with Gasteiger partial charge in [0, 0.05) is 5.41 Å². The Morgan fingerprint density at radius 2 is 1.18 bits per heavy atom. The molecule has 2 aromatic carbocycles. The van der Waals surface area contributed by atoms with Crippen molar-refractivity contribution in [2.24, 2.45) is 0 Å². The fraction of sp³-hybridized carbons (Fsp3) is 0.182. The van der Waals surface area contributed by atoms with Crippen LogP contribution in [0.3, 0.4) is 0 Å². The fourth-order valence-corrected chi connectivity index (χ4v) is 2.32. The second-order valence-electron chi connectivity index (χ2n) is 4.91. The van der Waals surface area contributed by atoms with Crippen molar-refractivity contribution < 1.29 is 0 Å². The molecule has 0 nitrogen and oxygen atoms in total. The van der Waals surface area contributed by atoms with Crippen LogP contribution in [0.2, 0.25) is 0 Å². The van der Waals surface area contributed by atoms with Gasteiger partial charge in [-0.25, -0.2) is 0 Å². The summed E-state index contributed by atoms with van der Waals surface area (Å²) in [7, 11) is 0. The zero-order valence-electron chi connectivity index (χ0n) is 13.9. The summed E-state index contributed by atoms with van der Waals surface area (Å²) in [6.45, 7) is 9.94. The molecule has 0 saturated heterocycles. The molecule has 0 unspecified atom stereocenters. The molecule has 0 bridgehead atoms. The average Bonchev–Trinajstić information content (AvgIpc) is 2.62. The Labute approximate surface area is 135 Å². The van der Waals surface area contributed by atoms with E-state index in [0.717, 1.165) is 0 Å². The Morgan fingerprint density at radius 3 is 1.59 bits per heavy atom. The van der Waals surface area contributed by atoms with E-state index in [4.69, 9.17) is 0 Å². The van der Waals surface area contributed by atoms with E-state index in [9.17, 15) is 0 Å². The van der Waals surface area contributed by atoms with E-state index in [1.165, 1.54) is 11.1 Å². The molecule has 0 saturated carbocycles. The van der Waals surface area contributed by atoms with Crippen LogP contribution in [0.5, 0.6) is 0 Å². The third kappa shape index (κ3) is 4.60. The number of allylic oxidation sites excluding steroid dienone is 5. The van der Waals surface area contributed by atoms with Crippen molar-refractivity contribution in [2.45, 2.75) is 26.2 Å². The Balaban J connectivity index is 0.00000116. The molecule has 0 fully saturated rings. The Hall–Kier alpha value is -2.34. The smallest absolute Gasteiger partial charge is 0.0356 e. The van der Waals surface area contributed by atoms with Crippen molar-refractivity contribution >= 4 is 0 Å². The van der Waals surface area contributed by atoms with E-state index >= 15 is 0 Å².